The van der Waals surface area contributed by atoms with Gasteiger partial charge in [-0.2, -0.15) is 0 Å². The number of benzene rings is 1. The van der Waals surface area contributed by atoms with Gasteiger partial charge in [-0.15, -0.1) is 0 Å². The van der Waals surface area contributed by atoms with E-state index in [0.717, 1.165) is 17.8 Å². The SMILES string of the molecule is CC(NC(=O)NC(C)c1ccccn1)c1ccc(F)c(F)c1. The molecule has 116 valence electrons. The van der Waals surface area contributed by atoms with Crippen LogP contribution in [0.4, 0.5) is 13.6 Å². The van der Waals surface area contributed by atoms with E-state index in [1.54, 1.807) is 19.2 Å². The third kappa shape index (κ3) is 4.00. The van der Waals surface area contributed by atoms with Gasteiger partial charge in [0.15, 0.2) is 11.6 Å². The minimum atomic E-state index is -0.937. The van der Waals surface area contributed by atoms with Gasteiger partial charge in [0.25, 0.3) is 0 Å². The van der Waals surface area contributed by atoms with Gasteiger partial charge in [-0.3, -0.25) is 4.98 Å². The second-order valence-corrected chi connectivity index (χ2v) is 4.99. The molecule has 2 N–H and O–H groups in total. The number of hydrogen-bond donors (Lipinski definition) is 2. The third-order valence-electron chi connectivity index (χ3n) is 3.27. The molecule has 2 atom stereocenters. The fraction of sp³-hybridized carbons (Fsp3) is 0.250. The van der Waals surface area contributed by atoms with E-state index in [-0.39, 0.29) is 6.04 Å². The van der Waals surface area contributed by atoms with Crippen LogP contribution in [0, 0.1) is 11.6 Å². The van der Waals surface area contributed by atoms with Gasteiger partial charge < -0.3 is 10.6 Å². The van der Waals surface area contributed by atoms with Crippen molar-refractivity contribution in [3.05, 3.63) is 65.5 Å². The molecule has 4 nitrogen and oxygen atoms in total. The van der Waals surface area contributed by atoms with Crippen LogP contribution in [0.1, 0.15) is 37.2 Å². The molecule has 0 spiro atoms. The lowest BCUT2D eigenvalue weighted by Crippen LogP contribution is -2.38. The first-order valence-electron chi connectivity index (χ1n) is 6.90. The van der Waals surface area contributed by atoms with Crippen molar-refractivity contribution in [3.63, 3.8) is 0 Å². The van der Waals surface area contributed by atoms with Crippen molar-refractivity contribution in [1.29, 1.82) is 0 Å². The van der Waals surface area contributed by atoms with Crippen LogP contribution in [0.15, 0.2) is 42.6 Å². The molecule has 0 radical (unpaired) electrons. The van der Waals surface area contributed by atoms with E-state index < -0.39 is 23.7 Å². The summed E-state index contributed by atoms with van der Waals surface area (Å²) in [6, 6.07) is 7.86. The van der Waals surface area contributed by atoms with Gasteiger partial charge >= 0.3 is 6.03 Å². The normalized spacial score (nSPS) is 13.3. The number of pyridine rings is 1. The number of nitrogens with zero attached hydrogens (tertiary/aromatic N) is 1. The van der Waals surface area contributed by atoms with Gasteiger partial charge in [0.2, 0.25) is 0 Å². The standard InChI is InChI=1S/C16H17F2N3O/c1-10(12-6-7-13(17)14(18)9-12)20-16(22)21-11(2)15-5-3-4-8-19-15/h3-11H,1-2H3,(H2,20,21,22). The van der Waals surface area contributed by atoms with Crippen molar-refractivity contribution < 1.29 is 13.6 Å². The number of carbonyl (C=O) groups excluding carboxylic acids is 1. The Kier molecular flexibility index (Phi) is 5.04. The maximum Gasteiger partial charge on any atom is 0.315 e. The number of rotatable bonds is 4. The number of urea groups is 1. The lowest BCUT2D eigenvalue weighted by atomic mass is 10.1. The lowest BCUT2D eigenvalue weighted by Gasteiger charge is -2.18. The van der Waals surface area contributed by atoms with Crippen molar-refractivity contribution in [2.75, 3.05) is 0 Å². The van der Waals surface area contributed by atoms with Crippen LogP contribution in [-0.4, -0.2) is 11.0 Å². The first-order valence-corrected chi connectivity index (χ1v) is 6.90. The first-order chi connectivity index (χ1) is 10.5. The van der Waals surface area contributed by atoms with E-state index in [4.69, 9.17) is 0 Å². The number of halogens is 2. The van der Waals surface area contributed by atoms with Crippen LogP contribution in [0.2, 0.25) is 0 Å². The molecule has 2 amide bonds. The molecule has 22 heavy (non-hydrogen) atoms. The average molecular weight is 305 g/mol. The Balaban J connectivity index is 1.95. The summed E-state index contributed by atoms with van der Waals surface area (Å²) in [5, 5.41) is 5.42. The molecule has 0 bridgehead atoms. The molecule has 2 unspecified atom stereocenters. The van der Waals surface area contributed by atoms with Crippen LogP contribution in [0.3, 0.4) is 0 Å². The first kappa shape index (κ1) is 15.9. The smallest absolute Gasteiger partial charge is 0.315 e. The molecule has 0 aliphatic rings. The Morgan fingerprint density at radius 2 is 1.77 bits per heavy atom. The molecule has 2 aromatic rings. The van der Waals surface area contributed by atoms with Gasteiger partial charge in [-0.1, -0.05) is 12.1 Å². The molecule has 0 saturated carbocycles. The molecule has 0 saturated heterocycles. The van der Waals surface area contributed by atoms with Crippen molar-refractivity contribution >= 4 is 6.03 Å². The maximum atomic E-state index is 13.2. The zero-order chi connectivity index (χ0) is 16.1. The van der Waals surface area contributed by atoms with E-state index in [1.165, 1.54) is 6.07 Å². The molecule has 2 rings (SSSR count). The Labute approximate surface area is 127 Å². The summed E-state index contributed by atoms with van der Waals surface area (Å²) in [6.07, 6.45) is 1.65. The van der Waals surface area contributed by atoms with Gasteiger partial charge in [-0.25, -0.2) is 13.6 Å². The minimum Gasteiger partial charge on any atom is -0.332 e. The summed E-state index contributed by atoms with van der Waals surface area (Å²) in [5.41, 5.74) is 1.22. The van der Waals surface area contributed by atoms with E-state index in [2.05, 4.69) is 15.6 Å². The number of carbonyl (C=O) groups is 1. The number of aromatic nitrogens is 1. The summed E-state index contributed by atoms with van der Waals surface area (Å²) in [4.78, 5) is 16.1. The van der Waals surface area contributed by atoms with Crippen molar-refractivity contribution in [2.45, 2.75) is 25.9 Å². The predicted octanol–water partition coefficient (Wildman–Crippen LogP) is 3.48. The van der Waals surface area contributed by atoms with Crippen LogP contribution in [-0.2, 0) is 0 Å². The number of nitrogens with one attached hydrogen (secondary N) is 2. The quantitative estimate of drug-likeness (QED) is 0.908. The van der Waals surface area contributed by atoms with Gasteiger partial charge in [-0.05, 0) is 43.7 Å². The summed E-state index contributed by atoms with van der Waals surface area (Å²) >= 11 is 0. The average Bonchev–Trinajstić information content (AvgIpc) is 2.50. The Hall–Kier alpha value is -2.50. The highest BCUT2D eigenvalue weighted by Crippen LogP contribution is 2.16. The Morgan fingerprint density at radius 1 is 1.05 bits per heavy atom. The predicted molar refractivity (Wildman–Crippen MR) is 79.1 cm³/mol. The number of hydrogen-bond acceptors (Lipinski definition) is 2. The van der Waals surface area contributed by atoms with Gasteiger partial charge in [0, 0.05) is 6.20 Å². The topological polar surface area (TPSA) is 54.0 Å². The molecule has 6 heteroatoms. The Morgan fingerprint density at radius 3 is 2.41 bits per heavy atom. The van der Waals surface area contributed by atoms with Gasteiger partial charge in [0.1, 0.15) is 0 Å². The zero-order valence-electron chi connectivity index (χ0n) is 12.3. The fourth-order valence-electron chi connectivity index (χ4n) is 2.01. The second kappa shape index (κ2) is 6.98. The molecule has 0 aliphatic carbocycles. The van der Waals surface area contributed by atoms with E-state index >= 15 is 0 Å². The summed E-state index contributed by atoms with van der Waals surface area (Å²) in [6.45, 7) is 3.50. The van der Waals surface area contributed by atoms with Crippen LogP contribution < -0.4 is 10.6 Å². The van der Waals surface area contributed by atoms with Gasteiger partial charge in [0.05, 0.1) is 17.8 Å². The van der Waals surface area contributed by atoms with E-state index in [0.29, 0.717) is 5.56 Å². The molecule has 0 fully saturated rings. The number of amides is 2. The van der Waals surface area contributed by atoms with E-state index in [1.807, 2.05) is 19.1 Å². The molecular weight excluding hydrogens is 288 g/mol. The lowest BCUT2D eigenvalue weighted by molar-refractivity contribution is 0.234. The highest BCUT2D eigenvalue weighted by molar-refractivity contribution is 5.74. The highest BCUT2D eigenvalue weighted by Gasteiger charge is 2.14. The summed E-state index contributed by atoms with van der Waals surface area (Å²) in [7, 11) is 0. The molecular formula is C16H17F2N3O. The van der Waals surface area contributed by atoms with Crippen molar-refractivity contribution in [3.8, 4) is 0 Å². The zero-order valence-corrected chi connectivity index (χ0v) is 12.3. The summed E-state index contributed by atoms with van der Waals surface area (Å²) in [5.74, 6) is -1.85. The largest absolute Gasteiger partial charge is 0.332 e. The van der Waals surface area contributed by atoms with Crippen molar-refractivity contribution in [2.24, 2.45) is 0 Å². The highest BCUT2D eigenvalue weighted by atomic mass is 19.2. The monoisotopic (exact) mass is 305 g/mol. The molecule has 1 aromatic heterocycles. The summed E-state index contributed by atoms with van der Waals surface area (Å²) < 4.78 is 26.1. The van der Waals surface area contributed by atoms with Crippen LogP contribution in [0.25, 0.3) is 0 Å². The van der Waals surface area contributed by atoms with Crippen LogP contribution >= 0.6 is 0 Å². The minimum absolute atomic E-state index is 0.265. The third-order valence-corrected chi connectivity index (χ3v) is 3.27. The van der Waals surface area contributed by atoms with E-state index in [9.17, 15) is 13.6 Å². The van der Waals surface area contributed by atoms with Crippen molar-refractivity contribution in [1.82, 2.24) is 15.6 Å². The Bertz CT molecular complexity index is 649. The molecule has 1 heterocycles. The van der Waals surface area contributed by atoms with Crippen LogP contribution in [0.5, 0.6) is 0 Å². The second-order valence-electron chi connectivity index (χ2n) is 4.99. The maximum absolute atomic E-state index is 13.2. The molecule has 0 aliphatic heterocycles. The molecule has 1 aromatic carbocycles. The fourth-order valence-corrected chi connectivity index (χ4v) is 2.01.